The Morgan fingerprint density at radius 3 is 2.59 bits per heavy atom. The van der Waals surface area contributed by atoms with Crippen LogP contribution in [0.3, 0.4) is 0 Å². The lowest BCUT2D eigenvalue weighted by molar-refractivity contribution is -0.130. The molecule has 0 bridgehead atoms. The van der Waals surface area contributed by atoms with Crippen LogP contribution in [0.5, 0.6) is 11.5 Å². The molecule has 0 fully saturated rings. The van der Waals surface area contributed by atoms with Crippen LogP contribution in [0.2, 0.25) is 0 Å². The van der Waals surface area contributed by atoms with E-state index in [-0.39, 0.29) is 5.91 Å². The number of carbonyl (C=O) groups excluding carboxylic acids is 1. The molecular weight excluding hydrogens is 360 g/mol. The average Bonchev–Trinajstić information content (AvgIpc) is 3.17. The van der Waals surface area contributed by atoms with E-state index in [9.17, 15) is 4.79 Å². The molecule has 0 saturated heterocycles. The summed E-state index contributed by atoms with van der Waals surface area (Å²) in [4.78, 5) is 15.8. The zero-order valence-corrected chi connectivity index (χ0v) is 17.5. The molecule has 0 spiro atoms. The minimum atomic E-state index is 0.129. The van der Waals surface area contributed by atoms with Gasteiger partial charge >= 0.3 is 0 Å². The highest BCUT2D eigenvalue weighted by molar-refractivity contribution is 7.09. The Balaban J connectivity index is 2.01. The lowest BCUT2D eigenvalue weighted by Crippen LogP contribution is -2.39. The number of nitrogens with zero attached hydrogens (tertiary/aromatic N) is 1. The van der Waals surface area contributed by atoms with Gasteiger partial charge in [0.1, 0.15) is 0 Å². The van der Waals surface area contributed by atoms with Gasteiger partial charge in [-0.1, -0.05) is 26.0 Å². The van der Waals surface area contributed by atoms with E-state index in [4.69, 9.17) is 9.47 Å². The Bertz CT molecular complexity index is 701. The molecular formula is C21H30N2O3S. The largest absolute Gasteiger partial charge is 0.493 e. The van der Waals surface area contributed by atoms with Gasteiger partial charge in [-0.05, 0) is 48.0 Å². The van der Waals surface area contributed by atoms with E-state index < -0.39 is 0 Å². The van der Waals surface area contributed by atoms with Crippen LogP contribution in [0, 0.1) is 5.92 Å². The van der Waals surface area contributed by atoms with Crippen molar-refractivity contribution in [3.8, 4) is 11.5 Å². The molecule has 2 aromatic rings. The first kappa shape index (κ1) is 21.3. The lowest BCUT2D eigenvalue weighted by Gasteiger charge is -2.23. The third-order valence-electron chi connectivity index (χ3n) is 4.23. The fourth-order valence-corrected chi connectivity index (χ4v) is 3.48. The Kier molecular flexibility index (Phi) is 8.61. The second-order valence-corrected chi connectivity index (χ2v) is 7.89. The summed E-state index contributed by atoms with van der Waals surface area (Å²) < 4.78 is 10.7. The number of methoxy groups -OCH3 is 2. The molecule has 0 unspecified atom stereocenters. The van der Waals surface area contributed by atoms with E-state index in [1.54, 1.807) is 25.6 Å². The summed E-state index contributed by atoms with van der Waals surface area (Å²) in [6.07, 6.45) is 0.766. The number of carbonyl (C=O) groups is 1. The summed E-state index contributed by atoms with van der Waals surface area (Å²) >= 11 is 1.68. The van der Waals surface area contributed by atoms with Crippen molar-refractivity contribution in [2.45, 2.75) is 26.8 Å². The van der Waals surface area contributed by atoms with Gasteiger partial charge in [-0.3, -0.25) is 4.79 Å². The summed E-state index contributed by atoms with van der Waals surface area (Å²) in [7, 11) is 3.26. The van der Waals surface area contributed by atoms with Crippen molar-refractivity contribution in [2.24, 2.45) is 5.92 Å². The molecule has 2 rings (SSSR count). The Morgan fingerprint density at radius 2 is 1.96 bits per heavy atom. The molecule has 0 radical (unpaired) electrons. The van der Waals surface area contributed by atoms with Crippen LogP contribution in [0.1, 0.15) is 24.3 Å². The summed E-state index contributed by atoms with van der Waals surface area (Å²) in [5.74, 6) is 2.08. The second-order valence-electron chi connectivity index (χ2n) is 6.86. The van der Waals surface area contributed by atoms with Crippen molar-refractivity contribution < 1.29 is 14.3 Å². The van der Waals surface area contributed by atoms with Crippen molar-refractivity contribution in [1.82, 2.24) is 10.2 Å². The van der Waals surface area contributed by atoms with E-state index in [1.807, 2.05) is 34.5 Å². The minimum absolute atomic E-state index is 0.129. The maximum atomic E-state index is 12.7. The van der Waals surface area contributed by atoms with Gasteiger partial charge in [0.15, 0.2) is 11.5 Å². The van der Waals surface area contributed by atoms with Gasteiger partial charge in [-0.2, -0.15) is 0 Å². The van der Waals surface area contributed by atoms with Crippen LogP contribution in [-0.2, 0) is 17.8 Å². The summed E-state index contributed by atoms with van der Waals surface area (Å²) in [5.41, 5.74) is 1.12. The molecule has 0 saturated carbocycles. The molecule has 148 valence electrons. The number of hydrogen-bond acceptors (Lipinski definition) is 5. The van der Waals surface area contributed by atoms with E-state index >= 15 is 0 Å². The van der Waals surface area contributed by atoms with Crippen LogP contribution in [0.15, 0.2) is 35.7 Å². The maximum absolute atomic E-state index is 12.7. The van der Waals surface area contributed by atoms with Crippen LogP contribution in [0.25, 0.3) is 0 Å². The number of benzene rings is 1. The number of thiophene rings is 1. The topological polar surface area (TPSA) is 50.8 Å². The van der Waals surface area contributed by atoms with Crippen molar-refractivity contribution in [3.05, 3.63) is 46.2 Å². The highest BCUT2D eigenvalue weighted by Crippen LogP contribution is 2.27. The molecule has 1 amide bonds. The molecule has 0 aliphatic carbocycles. The maximum Gasteiger partial charge on any atom is 0.236 e. The predicted molar refractivity (Wildman–Crippen MR) is 111 cm³/mol. The molecule has 6 heteroatoms. The molecule has 1 aromatic heterocycles. The molecule has 0 aliphatic rings. The first-order valence-electron chi connectivity index (χ1n) is 9.25. The SMILES string of the molecule is COc1ccc(CCN(Cc2cccs2)C(=O)CNCC(C)C)cc1OC. The normalized spacial score (nSPS) is 10.9. The number of nitrogens with one attached hydrogen (secondary N) is 1. The number of ether oxygens (including phenoxy) is 2. The van der Waals surface area contributed by atoms with Crippen molar-refractivity contribution >= 4 is 17.2 Å². The fourth-order valence-electron chi connectivity index (χ4n) is 2.76. The van der Waals surface area contributed by atoms with E-state index in [0.717, 1.165) is 18.5 Å². The van der Waals surface area contributed by atoms with Crippen LogP contribution in [-0.4, -0.2) is 44.7 Å². The third-order valence-corrected chi connectivity index (χ3v) is 5.09. The molecule has 0 aliphatic heterocycles. The van der Waals surface area contributed by atoms with Gasteiger partial charge in [0, 0.05) is 11.4 Å². The van der Waals surface area contributed by atoms with Gasteiger partial charge in [0.25, 0.3) is 0 Å². The second kappa shape index (κ2) is 10.9. The summed E-state index contributed by atoms with van der Waals surface area (Å²) in [5, 5.41) is 5.30. The van der Waals surface area contributed by atoms with Crippen LogP contribution in [0.4, 0.5) is 0 Å². The first-order chi connectivity index (χ1) is 13.0. The molecule has 1 aromatic carbocycles. The molecule has 5 nitrogen and oxygen atoms in total. The average molecular weight is 391 g/mol. The van der Waals surface area contributed by atoms with Gasteiger partial charge in [-0.25, -0.2) is 0 Å². The van der Waals surface area contributed by atoms with Gasteiger partial charge < -0.3 is 19.7 Å². The fraction of sp³-hybridized carbons (Fsp3) is 0.476. The smallest absolute Gasteiger partial charge is 0.236 e. The van der Waals surface area contributed by atoms with E-state index in [2.05, 4.69) is 25.2 Å². The Morgan fingerprint density at radius 1 is 1.19 bits per heavy atom. The Labute approximate surface area is 166 Å². The van der Waals surface area contributed by atoms with E-state index in [0.29, 0.717) is 37.1 Å². The zero-order valence-electron chi connectivity index (χ0n) is 16.7. The standard InChI is InChI=1S/C21H30N2O3S/c1-16(2)13-22-14-21(24)23(15-18-6-5-11-27-18)10-9-17-7-8-19(25-3)20(12-17)26-4/h5-8,11-12,16,22H,9-10,13-15H2,1-4H3. The highest BCUT2D eigenvalue weighted by Gasteiger charge is 2.15. The van der Waals surface area contributed by atoms with Gasteiger partial charge in [-0.15, -0.1) is 11.3 Å². The van der Waals surface area contributed by atoms with E-state index in [1.165, 1.54) is 4.88 Å². The van der Waals surface area contributed by atoms with Crippen molar-refractivity contribution in [3.63, 3.8) is 0 Å². The van der Waals surface area contributed by atoms with Gasteiger partial charge in [0.2, 0.25) is 5.91 Å². The third kappa shape index (κ3) is 6.88. The quantitative estimate of drug-likeness (QED) is 0.637. The minimum Gasteiger partial charge on any atom is -0.493 e. The molecule has 1 heterocycles. The monoisotopic (exact) mass is 390 g/mol. The predicted octanol–water partition coefficient (Wildman–Crippen LogP) is 3.58. The molecule has 0 atom stereocenters. The van der Waals surface area contributed by atoms with Crippen LogP contribution < -0.4 is 14.8 Å². The molecule has 1 N–H and O–H groups in total. The highest BCUT2D eigenvalue weighted by atomic mass is 32.1. The number of rotatable bonds is 11. The zero-order chi connectivity index (χ0) is 19.6. The van der Waals surface area contributed by atoms with Crippen molar-refractivity contribution in [1.29, 1.82) is 0 Å². The van der Waals surface area contributed by atoms with Crippen LogP contribution >= 0.6 is 11.3 Å². The Hall–Kier alpha value is -2.05. The number of amides is 1. The molecule has 27 heavy (non-hydrogen) atoms. The van der Waals surface area contributed by atoms with Gasteiger partial charge in [0.05, 0.1) is 27.3 Å². The first-order valence-corrected chi connectivity index (χ1v) is 10.1. The van der Waals surface area contributed by atoms with Crippen molar-refractivity contribution in [2.75, 3.05) is 33.9 Å². The lowest BCUT2D eigenvalue weighted by atomic mass is 10.1. The number of hydrogen-bond donors (Lipinski definition) is 1. The summed E-state index contributed by atoms with van der Waals surface area (Å²) in [6.45, 7) is 6.79. The summed E-state index contributed by atoms with van der Waals surface area (Å²) in [6, 6.07) is 10.00.